The van der Waals surface area contributed by atoms with Crippen molar-refractivity contribution in [3.63, 3.8) is 0 Å². The van der Waals surface area contributed by atoms with Gasteiger partial charge in [0.25, 0.3) is 0 Å². The molecule has 0 aromatic heterocycles. The van der Waals surface area contributed by atoms with Crippen molar-refractivity contribution >= 4 is 17.8 Å². The average molecular weight is 493 g/mol. The summed E-state index contributed by atoms with van der Waals surface area (Å²) < 4.78 is 31.9. The summed E-state index contributed by atoms with van der Waals surface area (Å²) in [7, 11) is 1.64. The molecule has 0 unspecified atom stereocenters. The first-order valence-electron chi connectivity index (χ1n) is 12.9. The maximum absolute atomic E-state index is 14.6. The third kappa shape index (κ3) is 7.96. The molecule has 0 amide bonds. The van der Waals surface area contributed by atoms with Gasteiger partial charge in [-0.2, -0.15) is 0 Å². The summed E-state index contributed by atoms with van der Waals surface area (Å²) in [5, 5.41) is 6.39. The minimum absolute atomic E-state index is 0.0445. The average Bonchev–Trinajstić information content (AvgIpc) is 2.87. The van der Waals surface area contributed by atoms with Gasteiger partial charge in [-0.25, -0.2) is 4.39 Å². The Morgan fingerprint density at radius 3 is 2.54 bits per heavy atom. The number of anilines is 1. The van der Waals surface area contributed by atoms with Gasteiger partial charge in [0.1, 0.15) is 24.0 Å². The van der Waals surface area contributed by atoms with Crippen molar-refractivity contribution in [3.8, 4) is 5.75 Å². The Labute approximate surface area is 208 Å². The van der Waals surface area contributed by atoms with E-state index in [-0.39, 0.29) is 18.3 Å². The Morgan fingerprint density at radius 1 is 1.23 bits per heavy atom. The third-order valence-corrected chi connectivity index (χ3v) is 6.81. The monoisotopic (exact) mass is 492 g/mol. The van der Waals surface area contributed by atoms with Crippen LogP contribution in [-0.4, -0.2) is 88.8 Å². The van der Waals surface area contributed by atoms with E-state index in [0.717, 1.165) is 51.9 Å². The van der Waals surface area contributed by atoms with E-state index in [2.05, 4.69) is 20.5 Å². The second-order valence-electron chi connectivity index (χ2n) is 9.00. The van der Waals surface area contributed by atoms with Crippen molar-refractivity contribution in [2.45, 2.75) is 51.7 Å². The summed E-state index contributed by atoms with van der Waals surface area (Å²) in [4.78, 5) is 18.3. The molecule has 0 bridgehead atoms. The van der Waals surface area contributed by atoms with Crippen molar-refractivity contribution in [3.05, 3.63) is 23.5 Å². The number of aliphatic imine (C=N–C) groups is 1. The van der Waals surface area contributed by atoms with Crippen LogP contribution in [-0.2, 0) is 9.47 Å². The Kier molecular flexibility index (Phi) is 11.4. The first kappa shape index (κ1) is 27.5. The fourth-order valence-electron chi connectivity index (χ4n) is 4.48. The van der Waals surface area contributed by atoms with Crippen LogP contribution in [0.2, 0.25) is 0 Å². The molecule has 2 N–H and O–H groups in total. The lowest BCUT2D eigenvalue weighted by Crippen LogP contribution is -2.58. The minimum Gasteiger partial charge on any atom is -0.493 e. The largest absolute Gasteiger partial charge is 0.493 e. The molecule has 0 atom stereocenters. The molecule has 3 heterocycles. The van der Waals surface area contributed by atoms with Gasteiger partial charge >= 0.3 is 0 Å². The lowest BCUT2D eigenvalue weighted by Gasteiger charge is -2.42. The topological polar surface area (TPSA) is 84.4 Å². The quantitative estimate of drug-likeness (QED) is 0.311. The maximum atomic E-state index is 14.6. The normalized spacial score (nSPS) is 20.5. The Balaban J connectivity index is 0.00000167. The molecule has 3 saturated heterocycles. The molecule has 196 valence electrons. The van der Waals surface area contributed by atoms with Crippen molar-refractivity contribution in [2.24, 2.45) is 10.9 Å². The number of piperidine rings is 1. The molecule has 3 fully saturated rings. The van der Waals surface area contributed by atoms with Gasteiger partial charge < -0.3 is 24.8 Å². The zero-order valence-corrected chi connectivity index (χ0v) is 21.4. The number of carbonyl (C=O) groups excluding carboxylic acids is 1. The summed E-state index contributed by atoms with van der Waals surface area (Å²) in [6.07, 6.45) is 4.45. The summed E-state index contributed by atoms with van der Waals surface area (Å²) >= 11 is 0. The van der Waals surface area contributed by atoms with E-state index in [1.807, 2.05) is 13.8 Å². The van der Waals surface area contributed by atoms with Crippen LogP contribution in [0.3, 0.4) is 0 Å². The summed E-state index contributed by atoms with van der Waals surface area (Å²) in [5.41, 5.74) is 0.292. The molecule has 0 aliphatic carbocycles. The fraction of sp³-hybridized carbons (Fsp3) is 0.692. The highest BCUT2D eigenvalue weighted by atomic mass is 19.1. The number of ether oxygens (including phenoxy) is 3. The van der Waals surface area contributed by atoms with Gasteiger partial charge in [0.2, 0.25) is 0 Å². The molecule has 0 saturated carbocycles. The van der Waals surface area contributed by atoms with Crippen molar-refractivity contribution < 1.29 is 23.4 Å². The summed E-state index contributed by atoms with van der Waals surface area (Å²) in [6, 6.07) is 3.63. The van der Waals surface area contributed by atoms with Crippen LogP contribution >= 0.6 is 0 Å². The fourth-order valence-corrected chi connectivity index (χ4v) is 4.48. The zero-order chi connectivity index (χ0) is 25.0. The Hall–Kier alpha value is -2.07. The number of hydrogen-bond acceptors (Lipinski definition) is 7. The number of halogens is 1. The highest BCUT2D eigenvalue weighted by Gasteiger charge is 2.28. The van der Waals surface area contributed by atoms with Crippen LogP contribution in [0, 0.1) is 11.7 Å². The van der Waals surface area contributed by atoms with Gasteiger partial charge in [0.15, 0.2) is 6.29 Å². The zero-order valence-electron chi connectivity index (χ0n) is 21.4. The van der Waals surface area contributed by atoms with E-state index >= 15 is 0 Å². The van der Waals surface area contributed by atoms with Crippen LogP contribution in [0.1, 0.15) is 49.9 Å². The van der Waals surface area contributed by atoms with Crippen LogP contribution in [0.25, 0.3) is 0 Å². The van der Waals surface area contributed by atoms with Crippen molar-refractivity contribution in [1.29, 1.82) is 0 Å². The lowest BCUT2D eigenvalue weighted by molar-refractivity contribution is -0.0189. The molecule has 4 rings (SSSR count). The van der Waals surface area contributed by atoms with E-state index in [1.165, 1.54) is 6.07 Å². The number of nitrogens with zero attached hydrogens (tertiary/aromatic N) is 2. The van der Waals surface area contributed by atoms with Crippen molar-refractivity contribution in [2.75, 3.05) is 65.0 Å². The highest BCUT2D eigenvalue weighted by Crippen LogP contribution is 2.27. The second-order valence-corrected chi connectivity index (χ2v) is 9.00. The number of likely N-dealkylation sites (tertiary alicyclic amines) is 1. The van der Waals surface area contributed by atoms with Crippen LogP contribution in [0.5, 0.6) is 5.75 Å². The summed E-state index contributed by atoms with van der Waals surface area (Å²) in [6.45, 7) is 10.5. The Morgan fingerprint density at radius 2 is 1.94 bits per heavy atom. The molecule has 9 heteroatoms. The number of amidine groups is 1. The molecular formula is C26H41FN4O4. The third-order valence-electron chi connectivity index (χ3n) is 6.81. The number of nitrogens with one attached hydrogen (secondary N) is 2. The first-order valence-corrected chi connectivity index (χ1v) is 12.9. The number of carbonyl (C=O) groups is 1. The molecule has 0 spiro atoms. The van der Waals surface area contributed by atoms with Crippen molar-refractivity contribution in [1.82, 2.24) is 10.2 Å². The van der Waals surface area contributed by atoms with Gasteiger partial charge in [-0.05, 0) is 44.7 Å². The number of benzene rings is 1. The van der Waals surface area contributed by atoms with E-state index in [0.29, 0.717) is 55.3 Å². The highest BCUT2D eigenvalue weighted by molar-refractivity contribution is 6.00. The molecule has 1 aromatic carbocycles. The Bertz CT molecular complexity index is 820. The smallest absolute Gasteiger partial charge is 0.155 e. The molecule has 0 radical (unpaired) electrons. The first-order chi connectivity index (χ1) is 17.2. The molecule has 35 heavy (non-hydrogen) atoms. The second kappa shape index (κ2) is 14.5. The van der Waals surface area contributed by atoms with Crippen LogP contribution in [0.4, 0.5) is 10.1 Å². The predicted octanol–water partition coefficient (Wildman–Crippen LogP) is 3.36. The van der Waals surface area contributed by atoms with E-state index < -0.39 is 5.82 Å². The van der Waals surface area contributed by atoms with Gasteiger partial charge in [-0.3, -0.25) is 14.7 Å². The predicted molar refractivity (Wildman–Crippen MR) is 136 cm³/mol. The number of hydrogen-bond donors (Lipinski definition) is 2. The van der Waals surface area contributed by atoms with Crippen LogP contribution in [0.15, 0.2) is 17.1 Å². The summed E-state index contributed by atoms with van der Waals surface area (Å²) in [5.74, 6) is 0.768. The SMILES string of the molecule is CC.CN=C(COC1CCOCC1)Nc1cc(OCC2CCN(C3CNC3)CC2)cc(F)c1C=O. The van der Waals surface area contributed by atoms with Crippen LogP contribution < -0.4 is 15.4 Å². The van der Waals surface area contributed by atoms with Gasteiger partial charge in [-0.1, -0.05) is 13.8 Å². The molecule has 3 aliphatic heterocycles. The molecule has 8 nitrogen and oxygen atoms in total. The molecule has 3 aliphatic rings. The molecule has 1 aromatic rings. The minimum atomic E-state index is -0.613. The maximum Gasteiger partial charge on any atom is 0.155 e. The number of aldehydes is 1. The molecular weight excluding hydrogens is 451 g/mol. The van der Waals surface area contributed by atoms with Gasteiger partial charge in [0.05, 0.1) is 24.0 Å². The van der Waals surface area contributed by atoms with Gasteiger partial charge in [0, 0.05) is 51.5 Å². The number of rotatable bonds is 9. The van der Waals surface area contributed by atoms with E-state index in [1.54, 1.807) is 13.1 Å². The standard InChI is InChI=1S/C24H35FN4O4.C2H6/c1-26-24(16-33-19-4-8-31-9-5-19)28-23-11-20(10-22(25)21(23)14-30)32-15-17-2-6-29(7-3-17)18-12-27-13-18;1-2/h10-11,14,17-19,27H,2-9,12-13,15-16H2,1H3,(H,26,28);1-2H3. The van der Waals surface area contributed by atoms with Gasteiger partial charge in [-0.15, -0.1) is 0 Å². The van der Waals surface area contributed by atoms with E-state index in [9.17, 15) is 9.18 Å². The van der Waals surface area contributed by atoms with E-state index in [4.69, 9.17) is 14.2 Å². The lowest BCUT2D eigenvalue weighted by atomic mass is 9.95.